The number of aliphatic hydroxyl groups is 1. The Bertz CT molecular complexity index is 584. The second kappa shape index (κ2) is 6.04. The highest BCUT2D eigenvalue weighted by Crippen LogP contribution is 2.55. The number of nitrogens with zero attached hydrogens (tertiary/aromatic N) is 1. The lowest BCUT2D eigenvalue weighted by atomic mass is 9.73. The van der Waals surface area contributed by atoms with Crippen molar-refractivity contribution < 1.29 is 19.0 Å². The molecule has 0 bridgehead atoms. The predicted octanol–water partition coefficient (Wildman–Crippen LogP) is 2.33. The number of halogens is 1. The normalized spacial score (nSPS) is 27.0. The van der Waals surface area contributed by atoms with Crippen molar-refractivity contribution >= 4 is 0 Å². The summed E-state index contributed by atoms with van der Waals surface area (Å²) in [5.41, 5.74) is 0.174. The Balaban J connectivity index is 1.92. The van der Waals surface area contributed by atoms with E-state index in [9.17, 15) is 9.50 Å². The minimum Gasteiger partial charge on any atom is -0.493 e. The summed E-state index contributed by atoms with van der Waals surface area (Å²) in [6.07, 6.45) is 1.28. The lowest BCUT2D eigenvalue weighted by molar-refractivity contribution is -0.0772. The van der Waals surface area contributed by atoms with Gasteiger partial charge < -0.3 is 14.6 Å². The average molecular weight is 323 g/mol. The van der Waals surface area contributed by atoms with Crippen molar-refractivity contribution in [2.24, 2.45) is 5.41 Å². The zero-order valence-electron chi connectivity index (χ0n) is 14.2. The summed E-state index contributed by atoms with van der Waals surface area (Å²) >= 11 is 0. The Morgan fingerprint density at radius 1 is 1.30 bits per heavy atom. The molecule has 1 heterocycles. The average Bonchev–Trinajstić information content (AvgIpc) is 2.74. The number of hydrogen-bond donors (Lipinski definition) is 1. The molecule has 23 heavy (non-hydrogen) atoms. The third-order valence-corrected chi connectivity index (χ3v) is 5.46. The maximum Gasteiger partial charge on any atom is 0.165 e. The van der Waals surface area contributed by atoms with Gasteiger partial charge in [-0.05, 0) is 24.5 Å². The Labute approximate surface area is 137 Å². The van der Waals surface area contributed by atoms with Crippen LogP contribution in [0.15, 0.2) is 12.1 Å². The fraction of sp³-hybridized carbons (Fsp3) is 0.667. The molecule has 0 saturated carbocycles. The van der Waals surface area contributed by atoms with E-state index in [-0.39, 0.29) is 11.2 Å². The molecular formula is C18H26FNO3. The van der Waals surface area contributed by atoms with E-state index in [1.54, 1.807) is 6.07 Å². The van der Waals surface area contributed by atoms with Gasteiger partial charge in [0.1, 0.15) is 5.60 Å². The Morgan fingerprint density at radius 3 is 2.65 bits per heavy atom. The maximum atomic E-state index is 14.2. The van der Waals surface area contributed by atoms with E-state index < -0.39 is 11.4 Å². The molecule has 1 unspecified atom stereocenters. The smallest absolute Gasteiger partial charge is 0.165 e. The van der Waals surface area contributed by atoms with E-state index in [4.69, 9.17) is 9.47 Å². The van der Waals surface area contributed by atoms with Gasteiger partial charge in [0.2, 0.25) is 0 Å². The Kier molecular flexibility index (Phi) is 4.38. The van der Waals surface area contributed by atoms with E-state index in [1.165, 1.54) is 13.2 Å². The number of hydrogen-bond acceptors (Lipinski definition) is 4. The van der Waals surface area contributed by atoms with Gasteiger partial charge in [0.05, 0.1) is 20.3 Å². The van der Waals surface area contributed by atoms with E-state index in [1.807, 2.05) is 13.8 Å². The fourth-order valence-corrected chi connectivity index (χ4v) is 3.97. The van der Waals surface area contributed by atoms with Crippen LogP contribution in [-0.4, -0.2) is 50.0 Å². The van der Waals surface area contributed by atoms with Gasteiger partial charge in [0, 0.05) is 30.6 Å². The molecule has 1 aliphatic carbocycles. The molecule has 0 aromatic heterocycles. The summed E-state index contributed by atoms with van der Waals surface area (Å²) in [6, 6.07) is 3.21. The maximum absolute atomic E-state index is 14.2. The highest BCUT2D eigenvalue weighted by atomic mass is 19.1. The number of fused-ring (bicyclic) bond motifs is 1. The van der Waals surface area contributed by atoms with Crippen molar-refractivity contribution in [3.8, 4) is 5.75 Å². The van der Waals surface area contributed by atoms with Crippen LogP contribution in [0.3, 0.4) is 0 Å². The summed E-state index contributed by atoms with van der Waals surface area (Å²) in [5, 5.41) is 11.5. The monoisotopic (exact) mass is 323 g/mol. The molecule has 1 fully saturated rings. The van der Waals surface area contributed by atoms with Gasteiger partial charge in [-0.25, -0.2) is 4.39 Å². The molecule has 1 atom stereocenters. The first kappa shape index (κ1) is 16.7. The second-order valence-electron chi connectivity index (χ2n) is 7.24. The van der Waals surface area contributed by atoms with E-state index in [0.717, 1.165) is 44.8 Å². The van der Waals surface area contributed by atoms with E-state index in [2.05, 4.69) is 4.90 Å². The number of ether oxygens (including phenoxy) is 2. The molecule has 1 aromatic rings. The second-order valence-corrected chi connectivity index (χ2v) is 7.24. The van der Waals surface area contributed by atoms with E-state index in [0.29, 0.717) is 12.0 Å². The zero-order chi connectivity index (χ0) is 16.7. The van der Waals surface area contributed by atoms with Crippen molar-refractivity contribution in [1.82, 2.24) is 4.90 Å². The molecule has 128 valence electrons. The standard InChI is InChI=1S/C18H26FNO3/c1-17(2)12-13-4-5-14(19)16(22-3)15(13)18(17,21)6-7-20-8-10-23-11-9-20/h4-5,21H,6-12H2,1-3H3. The zero-order valence-corrected chi connectivity index (χ0v) is 14.2. The minimum absolute atomic E-state index is 0.192. The topological polar surface area (TPSA) is 41.9 Å². The van der Waals surface area contributed by atoms with Gasteiger partial charge in [0.15, 0.2) is 11.6 Å². The third kappa shape index (κ3) is 2.75. The van der Waals surface area contributed by atoms with E-state index >= 15 is 0 Å². The molecule has 1 saturated heterocycles. The molecule has 0 radical (unpaired) electrons. The number of rotatable bonds is 4. The van der Waals surface area contributed by atoms with Crippen LogP contribution in [0.2, 0.25) is 0 Å². The largest absolute Gasteiger partial charge is 0.493 e. The van der Waals surface area contributed by atoms with Crippen LogP contribution in [0.25, 0.3) is 0 Å². The van der Waals surface area contributed by atoms with Crippen LogP contribution < -0.4 is 4.74 Å². The van der Waals surface area contributed by atoms with Crippen LogP contribution in [0.4, 0.5) is 4.39 Å². The highest BCUT2D eigenvalue weighted by Gasteiger charge is 2.53. The van der Waals surface area contributed by atoms with Gasteiger partial charge in [-0.3, -0.25) is 4.90 Å². The summed E-state index contributed by atoms with van der Waals surface area (Å²) in [5.74, 6) is -0.216. The summed E-state index contributed by atoms with van der Waals surface area (Å²) in [6.45, 7) is 8.08. The fourth-order valence-electron chi connectivity index (χ4n) is 3.97. The molecule has 1 N–H and O–H groups in total. The molecule has 1 aliphatic heterocycles. The molecule has 0 amide bonds. The third-order valence-electron chi connectivity index (χ3n) is 5.46. The molecule has 5 heteroatoms. The summed E-state index contributed by atoms with van der Waals surface area (Å²) in [7, 11) is 1.46. The summed E-state index contributed by atoms with van der Waals surface area (Å²) < 4.78 is 24.8. The van der Waals surface area contributed by atoms with Crippen LogP contribution in [0.5, 0.6) is 5.75 Å². The Hall–Kier alpha value is -1.17. The number of morpholine rings is 1. The van der Waals surface area contributed by atoms with Crippen molar-refractivity contribution in [3.63, 3.8) is 0 Å². The van der Waals surface area contributed by atoms with Crippen molar-refractivity contribution in [2.75, 3.05) is 40.0 Å². The molecule has 0 spiro atoms. The lowest BCUT2D eigenvalue weighted by Crippen LogP contribution is -2.44. The van der Waals surface area contributed by atoms with Gasteiger partial charge >= 0.3 is 0 Å². The molecule has 1 aromatic carbocycles. The lowest BCUT2D eigenvalue weighted by Gasteiger charge is -2.40. The molecular weight excluding hydrogens is 297 g/mol. The first-order valence-electron chi connectivity index (χ1n) is 8.27. The molecule has 2 aliphatic rings. The van der Waals surface area contributed by atoms with Crippen molar-refractivity contribution in [3.05, 3.63) is 29.1 Å². The number of benzene rings is 1. The number of methoxy groups -OCH3 is 1. The van der Waals surface area contributed by atoms with Gasteiger partial charge in [-0.15, -0.1) is 0 Å². The van der Waals surface area contributed by atoms with Crippen LogP contribution in [0, 0.1) is 11.2 Å². The van der Waals surface area contributed by atoms with Crippen molar-refractivity contribution in [2.45, 2.75) is 32.3 Å². The first-order valence-corrected chi connectivity index (χ1v) is 8.27. The Morgan fingerprint density at radius 2 is 2.00 bits per heavy atom. The van der Waals surface area contributed by atoms with Crippen molar-refractivity contribution in [1.29, 1.82) is 0 Å². The van der Waals surface area contributed by atoms with Crippen LogP contribution >= 0.6 is 0 Å². The minimum atomic E-state index is -1.09. The predicted molar refractivity (Wildman–Crippen MR) is 86.2 cm³/mol. The quantitative estimate of drug-likeness (QED) is 0.923. The first-order chi connectivity index (χ1) is 10.9. The van der Waals surface area contributed by atoms with Gasteiger partial charge in [-0.1, -0.05) is 19.9 Å². The molecule has 4 nitrogen and oxygen atoms in total. The van der Waals surface area contributed by atoms with Gasteiger partial charge in [-0.2, -0.15) is 0 Å². The molecule has 3 rings (SSSR count). The van der Waals surface area contributed by atoms with Crippen LogP contribution in [0.1, 0.15) is 31.4 Å². The SMILES string of the molecule is COc1c(F)ccc2c1C(O)(CCN1CCOCC1)C(C)(C)C2. The highest BCUT2D eigenvalue weighted by molar-refractivity contribution is 5.50. The summed E-state index contributed by atoms with van der Waals surface area (Å²) in [4.78, 5) is 2.29. The van der Waals surface area contributed by atoms with Gasteiger partial charge in [0.25, 0.3) is 0 Å². The van der Waals surface area contributed by atoms with Crippen LogP contribution in [-0.2, 0) is 16.8 Å².